The number of ether oxygens (including phenoxy) is 3. The highest BCUT2D eigenvalue weighted by Crippen LogP contribution is 2.26. The number of methoxy groups -OCH3 is 1. The summed E-state index contributed by atoms with van der Waals surface area (Å²) in [6, 6.07) is 10.5. The van der Waals surface area contributed by atoms with Crippen molar-refractivity contribution >= 4 is 17.5 Å². The number of anilines is 1. The topological polar surface area (TPSA) is 85.9 Å². The number of hydrogen-bond donors (Lipinski definition) is 2. The van der Waals surface area contributed by atoms with Gasteiger partial charge in [-0.2, -0.15) is 0 Å². The van der Waals surface area contributed by atoms with Crippen LogP contribution in [-0.2, 0) is 9.53 Å². The van der Waals surface area contributed by atoms with Crippen LogP contribution in [0.15, 0.2) is 42.5 Å². The Morgan fingerprint density at radius 3 is 2.58 bits per heavy atom. The fourth-order valence-electron chi connectivity index (χ4n) is 3.15. The Hall–Kier alpha value is -3.13. The first-order valence-electron chi connectivity index (χ1n) is 10.1. The molecule has 3 rings (SSSR count). The van der Waals surface area contributed by atoms with E-state index in [0.717, 1.165) is 18.9 Å². The van der Waals surface area contributed by atoms with E-state index >= 15 is 0 Å². The van der Waals surface area contributed by atoms with Crippen molar-refractivity contribution in [2.75, 3.05) is 25.6 Å². The van der Waals surface area contributed by atoms with E-state index in [4.69, 9.17) is 14.2 Å². The van der Waals surface area contributed by atoms with E-state index in [1.54, 1.807) is 45.2 Å². The van der Waals surface area contributed by atoms with Crippen molar-refractivity contribution < 1.29 is 28.2 Å². The van der Waals surface area contributed by atoms with Crippen molar-refractivity contribution in [3.05, 3.63) is 53.8 Å². The zero-order valence-corrected chi connectivity index (χ0v) is 17.9. The van der Waals surface area contributed by atoms with E-state index in [1.165, 1.54) is 12.1 Å². The molecule has 2 aromatic rings. The molecule has 31 heavy (non-hydrogen) atoms. The molecule has 1 aliphatic rings. The second-order valence-electron chi connectivity index (χ2n) is 7.78. The fraction of sp³-hybridized carbons (Fsp3) is 0.391. The predicted octanol–water partition coefficient (Wildman–Crippen LogP) is 3.54. The predicted molar refractivity (Wildman–Crippen MR) is 114 cm³/mol. The van der Waals surface area contributed by atoms with Crippen molar-refractivity contribution in [1.29, 1.82) is 0 Å². The lowest BCUT2D eigenvalue weighted by Gasteiger charge is -2.26. The van der Waals surface area contributed by atoms with Gasteiger partial charge in [0, 0.05) is 18.8 Å². The standard InChI is InChI=1S/C23H27FN2O5/c1-23(2,22(28)26-16-7-9-17(29-3)10-8-16)31-20-11-6-15(24)13-19(20)21(27)25-14-18-5-4-12-30-18/h6-11,13,18H,4-5,12,14H2,1-3H3,(H,25,27)(H,26,28). The molecular weight excluding hydrogens is 403 g/mol. The quantitative estimate of drug-likeness (QED) is 0.669. The Labute approximate surface area is 180 Å². The third-order valence-electron chi connectivity index (χ3n) is 4.96. The second kappa shape index (κ2) is 9.78. The number of halogens is 1. The number of amides is 2. The van der Waals surface area contributed by atoms with Gasteiger partial charge in [-0.05, 0) is 69.2 Å². The SMILES string of the molecule is COc1ccc(NC(=O)C(C)(C)Oc2ccc(F)cc2C(=O)NCC2CCCO2)cc1. The van der Waals surface area contributed by atoms with Gasteiger partial charge in [-0.1, -0.05) is 0 Å². The minimum absolute atomic E-state index is 0.0170. The van der Waals surface area contributed by atoms with Crippen LogP contribution in [0.3, 0.4) is 0 Å². The summed E-state index contributed by atoms with van der Waals surface area (Å²) in [4.78, 5) is 25.4. The molecule has 1 fully saturated rings. The lowest BCUT2D eigenvalue weighted by molar-refractivity contribution is -0.128. The van der Waals surface area contributed by atoms with E-state index in [0.29, 0.717) is 24.6 Å². The molecule has 0 aliphatic carbocycles. The Morgan fingerprint density at radius 2 is 1.94 bits per heavy atom. The average molecular weight is 430 g/mol. The van der Waals surface area contributed by atoms with Crippen molar-refractivity contribution in [1.82, 2.24) is 5.32 Å². The van der Waals surface area contributed by atoms with Crippen molar-refractivity contribution in [2.24, 2.45) is 0 Å². The number of carbonyl (C=O) groups excluding carboxylic acids is 2. The molecule has 0 bridgehead atoms. The summed E-state index contributed by atoms with van der Waals surface area (Å²) in [6.07, 6.45) is 1.77. The van der Waals surface area contributed by atoms with Crippen LogP contribution in [0.25, 0.3) is 0 Å². The Kier molecular flexibility index (Phi) is 7.12. The first-order chi connectivity index (χ1) is 14.8. The van der Waals surface area contributed by atoms with Gasteiger partial charge in [-0.15, -0.1) is 0 Å². The molecule has 1 atom stereocenters. The maximum absolute atomic E-state index is 13.8. The first-order valence-corrected chi connectivity index (χ1v) is 10.1. The Balaban J connectivity index is 1.70. The number of carbonyl (C=O) groups is 2. The van der Waals surface area contributed by atoms with Crippen LogP contribution in [0.4, 0.5) is 10.1 Å². The van der Waals surface area contributed by atoms with E-state index < -0.39 is 23.2 Å². The minimum atomic E-state index is -1.33. The van der Waals surface area contributed by atoms with Gasteiger partial charge in [-0.25, -0.2) is 4.39 Å². The summed E-state index contributed by atoms with van der Waals surface area (Å²) in [5.74, 6) is -0.709. The monoisotopic (exact) mass is 430 g/mol. The van der Waals surface area contributed by atoms with E-state index in [-0.39, 0.29) is 17.4 Å². The molecule has 1 unspecified atom stereocenters. The maximum Gasteiger partial charge on any atom is 0.267 e. The average Bonchev–Trinajstić information content (AvgIpc) is 3.27. The van der Waals surface area contributed by atoms with Gasteiger partial charge in [-0.3, -0.25) is 9.59 Å². The van der Waals surface area contributed by atoms with Gasteiger partial charge < -0.3 is 24.8 Å². The molecule has 2 N–H and O–H groups in total. The number of rotatable bonds is 8. The second-order valence-corrected chi connectivity index (χ2v) is 7.78. The van der Waals surface area contributed by atoms with E-state index in [1.807, 2.05) is 0 Å². The van der Waals surface area contributed by atoms with Gasteiger partial charge in [0.05, 0.1) is 18.8 Å². The van der Waals surface area contributed by atoms with Crippen molar-refractivity contribution in [2.45, 2.75) is 38.4 Å². The van der Waals surface area contributed by atoms with Crippen LogP contribution in [0, 0.1) is 5.82 Å². The van der Waals surface area contributed by atoms with Crippen molar-refractivity contribution in [3.63, 3.8) is 0 Å². The van der Waals surface area contributed by atoms with Gasteiger partial charge >= 0.3 is 0 Å². The molecule has 1 saturated heterocycles. The highest BCUT2D eigenvalue weighted by Gasteiger charge is 2.32. The maximum atomic E-state index is 13.8. The molecule has 7 nitrogen and oxygen atoms in total. The normalized spacial score (nSPS) is 15.9. The first kappa shape index (κ1) is 22.6. The molecule has 0 spiro atoms. The summed E-state index contributed by atoms with van der Waals surface area (Å²) in [6.45, 7) is 4.15. The van der Waals surface area contributed by atoms with Crippen LogP contribution in [-0.4, -0.2) is 43.8 Å². The van der Waals surface area contributed by atoms with Crippen molar-refractivity contribution in [3.8, 4) is 11.5 Å². The molecule has 0 saturated carbocycles. The van der Waals surface area contributed by atoms with Crippen LogP contribution in [0.5, 0.6) is 11.5 Å². The fourth-order valence-corrected chi connectivity index (χ4v) is 3.15. The van der Waals surface area contributed by atoms with Crippen LogP contribution >= 0.6 is 0 Å². The highest BCUT2D eigenvalue weighted by molar-refractivity contribution is 5.99. The van der Waals surface area contributed by atoms with Crippen LogP contribution < -0.4 is 20.1 Å². The molecule has 0 radical (unpaired) electrons. The van der Waals surface area contributed by atoms with Gasteiger partial charge in [0.25, 0.3) is 11.8 Å². The zero-order chi connectivity index (χ0) is 22.4. The molecule has 8 heteroatoms. The molecule has 0 aromatic heterocycles. The molecule has 1 aliphatic heterocycles. The lowest BCUT2D eigenvalue weighted by atomic mass is 10.1. The smallest absolute Gasteiger partial charge is 0.267 e. The summed E-state index contributed by atoms with van der Waals surface area (Å²) in [5.41, 5.74) is -0.749. The minimum Gasteiger partial charge on any atom is -0.497 e. The third-order valence-corrected chi connectivity index (χ3v) is 4.96. The summed E-state index contributed by atoms with van der Waals surface area (Å²) >= 11 is 0. The van der Waals surface area contributed by atoms with Crippen LogP contribution in [0.1, 0.15) is 37.0 Å². The molecular formula is C23H27FN2O5. The molecule has 166 valence electrons. The van der Waals surface area contributed by atoms with E-state index in [2.05, 4.69) is 10.6 Å². The largest absolute Gasteiger partial charge is 0.497 e. The number of nitrogens with one attached hydrogen (secondary N) is 2. The Morgan fingerprint density at radius 1 is 1.19 bits per heavy atom. The zero-order valence-electron chi connectivity index (χ0n) is 17.9. The lowest BCUT2D eigenvalue weighted by Crippen LogP contribution is -2.43. The van der Waals surface area contributed by atoms with Crippen LogP contribution in [0.2, 0.25) is 0 Å². The number of benzene rings is 2. The number of hydrogen-bond acceptors (Lipinski definition) is 5. The molecule has 2 amide bonds. The van der Waals surface area contributed by atoms with E-state index in [9.17, 15) is 14.0 Å². The molecule has 1 heterocycles. The molecule has 2 aromatic carbocycles. The van der Waals surface area contributed by atoms with Gasteiger partial charge in [0.2, 0.25) is 0 Å². The summed E-state index contributed by atoms with van der Waals surface area (Å²) in [5, 5.41) is 5.52. The highest BCUT2D eigenvalue weighted by atomic mass is 19.1. The Bertz CT molecular complexity index is 924. The summed E-state index contributed by atoms with van der Waals surface area (Å²) < 4.78 is 30.3. The van der Waals surface area contributed by atoms with Gasteiger partial charge in [0.1, 0.15) is 17.3 Å². The van der Waals surface area contributed by atoms with Gasteiger partial charge in [0.15, 0.2) is 5.60 Å². The summed E-state index contributed by atoms with van der Waals surface area (Å²) in [7, 11) is 1.56. The third kappa shape index (κ3) is 5.95.